The third-order valence-electron chi connectivity index (χ3n) is 6.70. The molecule has 0 N–H and O–H groups in total. The van der Waals surface area contributed by atoms with E-state index in [1.807, 2.05) is 0 Å². The smallest absolute Gasteiger partial charge is 0.0105 e. The van der Waals surface area contributed by atoms with Crippen molar-refractivity contribution in [2.45, 2.75) is 66.2 Å². The van der Waals surface area contributed by atoms with Crippen LogP contribution in [0.2, 0.25) is 0 Å². The maximum atomic E-state index is 4.60. The second-order valence-corrected chi connectivity index (χ2v) is 8.47. The van der Waals surface area contributed by atoms with Crippen molar-refractivity contribution >= 4 is 0 Å². The molecule has 4 atom stereocenters. The number of hydrogen-bond donors (Lipinski definition) is 0. The Morgan fingerprint density at radius 3 is 2.70 bits per heavy atom. The third-order valence-corrected chi connectivity index (χ3v) is 6.70. The average Bonchev–Trinajstić information content (AvgIpc) is 2.37. The molecule has 1 fully saturated rings. The van der Waals surface area contributed by atoms with E-state index in [1.165, 1.54) is 38.5 Å². The van der Waals surface area contributed by atoms with Crippen molar-refractivity contribution in [3.63, 3.8) is 0 Å². The topological polar surface area (TPSA) is 0 Å². The van der Waals surface area contributed by atoms with Crippen LogP contribution < -0.4 is 0 Å². The molecule has 0 spiro atoms. The average molecular weight is 271 g/mol. The second kappa shape index (κ2) is 4.75. The molecule has 1 saturated carbocycles. The number of fused-ring (bicyclic) bond motifs is 3. The molecular weight excluding hydrogens is 240 g/mol. The van der Waals surface area contributed by atoms with E-state index >= 15 is 0 Å². The molecule has 3 rings (SSSR count). The zero-order chi connectivity index (χ0) is 14.5. The Hall–Kier alpha value is -0.520. The summed E-state index contributed by atoms with van der Waals surface area (Å²) in [6.45, 7) is 14.3. The summed E-state index contributed by atoms with van der Waals surface area (Å²) in [6.07, 6.45) is 13.2. The Labute approximate surface area is 125 Å². The lowest BCUT2D eigenvalue weighted by Crippen LogP contribution is -2.49. The van der Waals surface area contributed by atoms with Gasteiger partial charge in [-0.05, 0) is 73.2 Å². The minimum atomic E-state index is 0.289. The highest BCUT2D eigenvalue weighted by Crippen LogP contribution is 2.61. The maximum absolute atomic E-state index is 4.60. The second-order valence-electron chi connectivity index (χ2n) is 8.47. The predicted octanol–water partition coefficient (Wildman–Crippen LogP) is 5.96. The fourth-order valence-corrected chi connectivity index (χ4v) is 5.47. The molecule has 0 aliphatic heterocycles. The van der Waals surface area contributed by atoms with Crippen molar-refractivity contribution < 1.29 is 0 Å². The third kappa shape index (κ3) is 2.11. The SMILES string of the molecule is [CH2][C@]1(C)CCC[C@@]2(C)[C@H]1CC=C1C=C(C(C)C)CC[C@@H]12. The summed E-state index contributed by atoms with van der Waals surface area (Å²) < 4.78 is 0. The van der Waals surface area contributed by atoms with Gasteiger partial charge in [-0.2, -0.15) is 0 Å². The summed E-state index contributed by atoms with van der Waals surface area (Å²) in [5.74, 6) is 2.29. The van der Waals surface area contributed by atoms with E-state index in [-0.39, 0.29) is 5.41 Å². The molecule has 1 radical (unpaired) electrons. The molecule has 0 heteroatoms. The molecular formula is C20H31. The van der Waals surface area contributed by atoms with Crippen molar-refractivity contribution in [2.75, 3.05) is 0 Å². The standard InChI is InChI=1S/C20H31/c1-14(2)15-7-9-17-16(13-15)8-10-18-19(3,4)11-6-12-20(17,18)5/h8,13-14,17-18H,3,6-7,9-12H2,1-2,4-5H3/t17-,18-,19-,20+/m0/s1. The van der Waals surface area contributed by atoms with Gasteiger partial charge in [0.15, 0.2) is 0 Å². The molecule has 20 heavy (non-hydrogen) atoms. The van der Waals surface area contributed by atoms with Gasteiger partial charge in [0.1, 0.15) is 0 Å². The first-order valence-corrected chi connectivity index (χ1v) is 8.60. The first-order chi connectivity index (χ1) is 9.34. The highest BCUT2D eigenvalue weighted by atomic mass is 14.6. The molecule has 0 nitrogen and oxygen atoms in total. The largest absolute Gasteiger partial charge is 0.0807 e. The zero-order valence-electron chi connectivity index (χ0n) is 13.8. The molecule has 111 valence electrons. The summed E-state index contributed by atoms with van der Waals surface area (Å²) >= 11 is 0. The minimum absolute atomic E-state index is 0.289. The van der Waals surface area contributed by atoms with Crippen molar-refractivity contribution in [2.24, 2.45) is 28.6 Å². The van der Waals surface area contributed by atoms with E-state index in [2.05, 4.69) is 46.8 Å². The van der Waals surface area contributed by atoms with Crippen molar-refractivity contribution in [3.05, 3.63) is 30.2 Å². The highest BCUT2D eigenvalue weighted by molar-refractivity contribution is 5.35. The lowest BCUT2D eigenvalue weighted by Gasteiger charge is -2.57. The first kappa shape index (κ1) is 14.4. The molecule has 3 aliphatic carbocycles. The molecule has 0 aromatic rings. The molecule has 0 saturated heterocycles. The highest BCUT2D eigenvalue weighted by Gasteiger charge is 2.52. The first-order valence-electron chi connectivity index (χ1n) is 8.60. The van der Waals surface area contributed by atoms with Crippen LogP contribution in [-0.4, -0.2) is 0 Å². The predicted molar refractivity (Wildman–Crippen MR) is 87.3 cm³/mol. The molecule has 0 amide bonds. The Morgan fingerprint density at radius 2 is 2.00 bits per heavy atom. The minimum Gasteiger partial charge on any atom is -0.0807 e. The summed E-state index contributed by atoms with van der Waals surface area (Å²) in [6, 6.07) is 0. The van der Waals surface area contributed by atoms with Crippen LogP contribution in [0.25, 0.3) is 0 Å². The summed E-state index contributed by atoms with van der Waals surface area (Å²) in [7, 11) is 0. The van der Waals surface area contributed by atoms with Gasteiger partial charge < -0.3 is 0 Å². The lowest BCUT2D eigenvalue weighted by molar-refractivity contribution is -0.0256. The summed E-state index contributed by atoms with van der Waals surface area (Å²) in [5.41, 5.74) is 4.12. The van der Waals surface area contributed by atoms with Crippen LogP contribution in [0.1, 0.15) is 66.2 Å². The molecule has 0 heterocycles. The number of rotatable bonds is 1. The van der Waals surface area contributed by atoms with Crippen molar-refractivity contribution in [1.29, 1.82) is 0 Å². The van der Waals surface area contributed by atoms with Crippen LogP contribution in [0, 0.1) is 35.5 Å². The Balaban J connectivity index is 1.97. The van der Waals surface area contributed by atoms with E-state index in [9.17, 15) is 0 Å². The van der Waals surface area contributed by atoms with Gasteiger partial charge in [0.2, 0.25) is 0 Å². The lowest BCUT2D eigenvalue weighted by atomic mass is 9.47. The fraction of sp³-hybridized carbons (Fsp3) is 0.750. The van der Waals surface area contributed by atoms with Gasteiger partial charge in [-0.3, -0.25) is 0 Å². The van der Waals surface area contributed by atoms with Crippen LogP contribution in [0.15, 0.2) is 23.3 Å². The van der Waals surface area contributed by atoms with E-state index in [1.54, 1.807) is 11.1 Å². The zero-order valence-corrected chi connectivity index (χ0v) is 13.8. The van der Waals surface area contributed by atoms with Gasteiger partial charge in [-0.25, -0.2) is 0 Å². The van der Waals surface area contributed by atoms with E-state index < -0.39 is 0 Å². The molecule has 0 bridgehead atoms. The van der Waals surface area contributed by atoms with Gasteiger partial charge in [0.25, 0.3) is 0 Å². The van der Waals surface area contributed by atoms with Crippen LogP contribution >= 0.6 is 0 Å². The Bertz CT molecular complexity index is 449. The molecule has 3 aliphatic rings. The fourth-order valence-electron chi connectivity index (χ4n) is 5.47. The van der Waals surface area contributed by atoms with Crippen molar-refractivity contribution in [1.82, 2.24) is 0 Å². The summed E-state index contributed by atoms with van der Waals surface area (Å²) in [5, 5.41) is 0. The van der Waals surface area contributed by atoms with Gasteiger partial charge >= 0.3 is 0 Å². The number of hydrogen-bond acceptors (Lipinski definition) is 0. The quantitative estimate of drug-likeness (QED) is 0.552. The normalized spacial score (nSPS) is 39.7. The maximum Gasteiger partial charge on any atom is -0.0105 e. The van der Waals surface area contributed by atoms with Gasteiger partial charge in [0, 0.05) is 0 Å². The Morgan fingerprint density at radius 1 is 1.25 bits per heavy atom. The van der Waals surface area contributed by atoms with E-state index in [4.69, 9.17) is 0 Å². The van der Waals surface area contributed by atoms with Gasteiger partial charge in [-0.1, -0.05) is 51.8 Å². The van der Waals surface area contributed by atoms with Crippen LogP contribution in [0.5, 0.6) is 0 Å². The molecule has 0 unspecified atom stereocenters. The van der Waals surface area contributed by atoms with Crippen molar-refractivity contribution in [3.8, 4) is 0 Å². The summed E-state index contributed by atoms with van der Waals surface area (Å²) in [4.78, 5) is 0. The van der Waals surface area contributed by atoms with E-state index in [0.29, 0.717) is 11.3 Å². The van der Waals surface area contributed by atoms with Crippen LogP contribution in [-0.2, 0) is 0 Å². The van der Waals surface area contributed by atoms with E-state index in [0.717, 1.165) is 11.8 Å². The molecule has 0 aromatic heterocycles. The van der Waals surface area contributed by atoms with Crippen LogP contribution in [0.3, 0.4) is 0 Å². The Kier molecular flexibility index (Phi) is 3.42. The molecule has 0 aromatic carbocycles. The van der Waals surface area contributed by atoms with Gasteiger partial charge in [0.05, 0.1) is 0 Å². The number of allylic oxidation sites excluding steroid dienone is 4. The monoisotopic (exact) mass is 271 g/mol. The van der Waals surface area contributed by atoms with Gasteiger partial charge in [-0.15, -0.1) is 0 Å². The van der Waals surface area contributed by atoms with Crippen LogP contribution in [0.4, 0.5) is 0 Å².